The Morgan fingerprint density at radius 3 is 2.48 bits per heavy atom. The Labute approximate surface area is 137 Å². The summed E-state index contributed by atoms with van der Waals surface area (Å²) in [6.07, 6.45) is 1.56. The van der Waals surface area contributed by atoms with Crippen molar-refractivity contribution in [3.63, 3.8) is 0 Å². The molecular formula is C18H25NO4. The fourth-order valence-corrected chi connectivity index (χ4v) is 3.30. The van der Waals surface area contributed by atoms with E-state index in [0.717, 1.165) is 35.3 Å². The molecular weight excluding hydrogens is 294 g/mol. The second kappa shape index (κ2) is 5.71. The molecule has 1 saturated heterocycles. The number of amides is 1. The lowest BCUT2D eigenvalue weighted by molar-refractivity contribution is 0.0296. The van der Waals surface area contributed by atoms with Crippen molar-refractivity contribution in [2.45, 2.75) is 46.1 Å². The Morgan fingerprint density at radius 2 is 1.83 bits per heavy atom. The second-order valence-electron chi connectivity index (χ2n) is 7.05. The van der Waals surface area contributed by atoms with E-state index < -0.39 is 0 Å². The third kappa shape index (κ3) is 2.78. The number of carbonyl (C=O) groups is 1. The first-order chi connectivity index (χ1) is 10.8. The molecule has 0 radical (unpaired) electrons. The van der Waals surface area contributed by atoms with Crippen molar-refractivity contribution < 1.29 is 19.4 Å². The molecule has 5 nitrogen and oxygen atoms in total. The highest BCUT2D eigenvalue weighted by molar-refractivity contribution is 6.00. The van der Waals surface area contributed by atoms with Crippen LogP contribution in [0.1, 0.15) is 47.3 Å². The largest absolute Gasteiger partial charge is 0.507 e. The Balaban J connectivity index is 2.10. The highest BCUT2D eigenvalue weighted by atomic mass is 16.5. The molecule has 5 heteroatoms. The van der Waals surface area contributed by atoms with E-state index in [2.05, 4.69) is 13.8 Å². The molecule has 1 aromatic rings. The van der Waals surface area contributed by atoms with Crippen molar-refractivity contribution in [1.82, 2.24) is 4.90 Å². The van der Waals surface area contributed by atoms with Gasteiger partial charge in [0.05, 0.1) is 18.8 Å². The number of nitrogens with zero attached hydrogens (tertiary/aromatic N) is 1. The molecule has 0 aliphatic carbocycles. The minimum absolute atomic E-state index is 0.0982. The second-order valence-corrected chi connectivity index (χ2v) is 7.05. The van der Waals surface area contributed by atoms with E-state index in [1.807, 2.05) is 13.8 Å². The Morgan fingerprint density at radius 1 is 1.17 bits per heavy atom. The minimum atomic E-state index is -0.250. The van der Waals surface area contributed by atoms with Gasteiger partial charge in [-0.1, -0.05) is 0 Å². The van der Waals surface area contributed by atoms with Crippen molar-refractivity contribution >= 4 is 5.91 Å². The lowest BCUT2D eigenvalue weighted by atomic mass is 9.87. The van der Waals surface area contributed by atoms with Crippen LogP contribution in [0.25, 0.3) is 0 Å². The summed E-state index contributed by atoms with van der Waals surface area (Å²) >= 11 is 0. The molecule has 2 aliphatic rings. The predicted octanol–water partition coefficient (Wildman–Crippen LogP) is 2.59. The summed E-state index contributed by atoms with van der Waals surface area (Å²) in [6.45, 7) is 10.1. The Kier molecular flexibility index (Phi) is 4.00. The SMILES string of the molecule is Cc1c(C)c2c(c(C(=O)N3CCOCC3)c1O)CCC(C)(C)O2. The molecule has 0 aromatic heterocycles. The van der Waals surface area contributed by atoms with Gasteiger partial charge in [0, 0.05) is 18.7 Å². The van der Waals surface area contributed by atoms with Crippen LogP contribution in [-0.4, -0.2) is 47.8 Å². The molecule has 1 aromatic carbocycles. The van der Waals surface area contributed by atoms with Gasteiger partial charge in [-0.25, -0.2) is 0 Å². The molecule has 0 saturated carbocycles. The van der Waals surface area contributed by atoms with Crippen LogP contribution in [0.2, 0.25) is 0 Å². The molecule has 126 valence electrons. The number of benzene rings is 1. The van der Waals surface area contributed by atoms with Crippen LogP contribution < -0.4 is 4.74 Å². The average Bonchev–Trinajstić information content (AvgIpc) is 2.54. The summed E-state index contributed by atoms with van der Waals surface area (Å²) in [6, 6.07) is 0. The molecule has 1 fully saturated rings. The zero-order valence-electron chi connectivity index (χ0n) is 14.4. The van der Waals surface area contributed by atoms with E-state index in [1.54, 1.807) is 4.90 Å². The van der Waals surface area contributed by atoms with E-state index in [0.29, 0.717) is 31.9 Å². The number of phenolic OH excluding ortho intramolecular Hbond substituents is 1. The number of carbonyl (C=O) groups excluding carboxylic acids is 1. The molecule has 0 unspecified atom stereocenters. The van der Waals surface area contributed by atoms with Crippen LogP contribution in [0.15, 0.2) is 0 Å². The van der Waals surface area contributed by atoms with Gasteiger partial charge >= 0.3 is 0 Å². The van der Waals surface area contributed by atoms with E-state index in [-0.39, 0.29) is 17.3 Å². The van der Waals surface area contributed by atoms with E-state index >= 15 is 0 Å². The van der Waals surface area contributed by atoms with E-state index in [9.17, 15) is 9.90 Å². The molecule has 1 amide bonds. The predicted molar refractivity (Wildman–Crippen MR) is 87.3 cm³/mol. The van der Waals surface area contributed by atoms with Gasteiger partial charge in [-0.05, 0) is 51.7 Å². The summed E-state index contributed by atoms with van der Waals surface area (Å²) in [4.78, 5) is 14.7. The van der Waals surface area contributed by atoms with Crippen molar-refractivity contribution in [2.75, 3.05) is 26.3 Å². The van der Waals surface area contributed by atoms with Gasteiger partial charge in [-0.15, -0.1) is 0 Å². The number of morpholine rings is 1. The van der Waals surface area contributed by atoms with E-state index in [1.165, 1.54) is 0 Å². The fraction of sp³-hybridized carbons (Fsp3) is 0.611. The maximum absolute atomic E-state index is 13.0. The average molecular weight is 319 g/mol. The third-order valence-corrected chi connectivity index (χ3v) is 4.94. The van der Waals surface area contributed by atoms with Crippen molar-refractivity contribution in [3.8, 4) is 11.5 Å². The fourth-order valence-electron chi connectivity index (χ4n) is 3.30. The van der Waals surface area contributed by atoms with Crippen LogP contribution in [0.4, 0.5) is 0 Å². The van der Waals surface area contributed by atoms with Crippen LogP contribution in [-0.2, 0) is 11.2 Å². The maximum Gasteiger partial charge on any atom is 0.258 e. The number of ether oxygens (including phenoxy) is 2. The maximum atomic E-state index is 13.0. The van der Waals surface area contributed by atoms with Crippen molar-refractivity contribution in [2.24, 2.45) is 0 Å². The Hall–Kier alpha value is -1.75. The van der Waals surface area contributed by atoms with Gasteiger partial charge < -0.3 is 19.5 Å². The molecule has 2 aliphatic heterocycles. The number of rotatable bonds is 1. The summed E-state index contributed by atoms with van der Waals surface area (Å²) < 4.78 is 11.5. The van der Waals surface area contributed by atoms with Gasteiger partial charge in [0.2, 0.25) is 0 Å². The highest BCUT2D eigenvalue weighted by Crippen LogP contribution is 2.43. The third-order valence-electron chi connectivity index (χ3n) is 4.94. The number of hydrogen-bond acceptors (Lipinski definition) is 4. The quantitative estimate of drug-likeness (QED) is 0.864. The lowest BCUT2D eigenvalue weighted by Crippen LogP contribution is -2.42. The first kappa shape index (κ1) is 16.1. The molecule has 2 heterocycles. The first-order valence-electron chi connectivity index (χ1n) is 8.23. The summed E-state index contributed by atoms with van der Waals surface area (Å²) in [5, 5.41) is 10.6. The topological polar surface area (TPSA) is 59.0 Å². The van der Waals surface area contributed by atoms with Crippen LogP contribution in [0.5, 0.6) is 11.5 Å². The lowest BCUT2D eigenvalue weighted by Gasteiger charge is -2.36. The smallest absolute Gasteiger partial charge is 0.258 e. The van der Waals surface area contributed by atoms with Gasteiger partial charge in [-0.3, -0.25) is 4.79 Å². The number of hydrogen-bond donors (Lipinski definition) is 1. The van der Waals surface area contributed by atoms with Crippen molar-refractivity contribution in [3.05, 3.63) is 22.3 Å². The monoisotopic (exact) mass is 319 g/mol. The molecule has 0 bridgehead atoms. The molecule has 0 atom stereocenters. The number of fused-ring (bicyclic) bond motifs is 1. The summed E-state index contributed by atoms with van der Waals surface area (Å²) in [5.74, 6) is 0.752. The van der Waals surface area contributed by atoms with Crippen LogP contribution >= 0.6 is 0 Å². The van der Waals surface area contributed by atoms with Gasteiger partial charge in [0.25, 0.3) is 5.91 Å². The van der Waals surface area contributed by atoms with Gasteiger partial charge in [0.1, 0.15) is 17.1 Å². The molecule has 23 heavy (non-hydrogen) atoms. The van der Waals surface area contributed by atoms with Gasteiger partial charge in [-0.2, -0.15) is 0 Å². The van der Waals surface area contributed by atoms with Crippen LogP contribution in [0, 0.1) is 13.8 Å². The first-order valence-corrected chi connectivity index (χ1v) is 8.23. The molecule has 0 spiro atoms. The highest BCUT2D eigenvalue weighted by Gasteiger charge is 2.35. The number of phenols is 1. The molecule has 3 rings (SSSR count). The normalized spacial score (nSPS) is 19.9. The van der Waals surface area contributed by atoms with E-state index in [4.69, 9.17) is 9.47 Å². The summed E-state index contributed by atoms with van der Waals surface area (Å²) in [7, 11) is 0. The van der Waals surface area contributed by atoms with Crippen molar-refractivity contribution in [1.29, 1.82) is 0 Å². The Bertz CT molecular complexity index is 645. The number of aromatic hydroxyl groups is 1. The summed E-state index contributed by atoms with van der Waals surface area (Å²) in [5.41, 5.74) is 2.66. The zero-order valence-corrected chi connectivity index (χ0v) is 14.4. The minimum Gasteiger partial charge on any atom is -0.507 e. The molecule has 1 N–H and O–H groups in total. The standard InChI is InChI=1S/C18H25NO4/c1-11-12(2)16-13(5-6-18(3,4)23-16)14(15(11)20)17(21)19-7-9-22-10-8-19/h20H,5-10H2,1-4H3. The van der Waals surface area contributed by atoms with Gasteiger partial charge in [0.15, 0.2) is 0 Å². The van der Waals surface area contributed by atoms with Crippen LogP contribution in [0.3, 0.4) is 0 Å². The zero-order chi connectivity index (χ0) is 16.8.